The number of aliphatic hydroxyl groups is 1. The molecule has 1 saturated heterocycles. The number of anilines is 1. The molecule has 1 atom stereocenters. The van der Waals surface area contributed by atoms with E-state index in [9.17, 15) is 18.3 Å². The van der Waals surface area contributed by atoms with Crippen LogP contribution in [0.15, 0.2) is 24.3 Å². The van der Waals surface area contributed by atoms with Gasteiger partial charge in [0.2, 0.25) is 0 Å². The molecule has 0 aliphatic carbocycles. The van der Waals surface area contributed by atoms with Crippen LogP contribution in [0.4, 0.5) is 5.69 Å². The molecule has 8 heteroatoms. The molecule has 1 heterocycles. The molecular weight excluding hydrogens is 260 g/mol. The van der Waals surface area contributed by atoms with E-state index in [0.29, 0.717) is 11.3 Å². The summed E-state index contributed by atoms with van der Waals surface area (Å²) < 4.78 is 30.8. The number of methoxy groups -OCH3 is 1. The topological polar surface area (TPSA) is 95.9 Å². The maximum absolute atomic E-state index is 11.6. The van der Waals surface area contributed by atoms with Crippen LogP contribution in [0, 0.1) is 0 Å². The van der Waals surface area contributed by atoms with Crippen LogP contribution < -0.4 is 9.03 Å². The van der Waals surface area contributed by atoms with Crippen LogP contribution in [-0.2, 0) is 19.7 Å². The molecule has 0 radical (unpaired) electrons. The maximum Gasteiger partial charge on any atom is 0.326 e. The smallest absolute Gasteiger partial charge is 0.326 e. The highest BCUT2D eigenvalue weighted by Crippen LogP contribution is 2.24. The number of nitrogens with zero attached hydrogens (tertiary/aromatic N) is 1. The minimum Gasteiger partial charge on any atom is -0.364 e. The molecule has 1 unspecified atom stereocenters. The summed E-state index contributed by atoms with van der Waals surface area (Å²) in [7, 11) is -2.50. The van der Waals surface area contributed by atoms with Crippen molar-refractivity contribution in [1.29, 1.82) is 0 Å². The van der Waals surface area contributed by atoms with Gasteiger partial charge < -0.3 is 9.84 Å². The molecule has 1 aromatic carbocycles. The van der Waals surface area contributed by atoms with E-state index in [1.165, 1.54) is 19.2 Å². The predicted octanol–water partition coefficient (Wildman–Crippen LogP) is -0.495. The van der Waals surface area contributed by atoms with Crippen molar-refractivity contribution in [2.45, 2.75) is 6.29 Å². The number of hydrogen-bond acceptors (Lipinski definition) is 5. The van der Waals surface area contributed by atoms with Gasteiger partial charge in [-0.15, -0.1) is 0 Å². The molecule has 0 aromatic heterocycles. The van der Waals surface area contributed by atoms with Crippen LogP contribution in [0.25, 0.3) is 0 Å². The lowest BCUT2D eigenvalue weighted by Gasteiger charge is -2.16. The van der Waals surface area contributed by atoms with Crippen LogP contribution >= 0.6 is 0 Å². The molecular formula is C10H12N2O5S. The number of hydrogen-bond donors (Lipinski definition) is 2. The van der Waals surface area contributed by atoms with Gasteiger partial charge in [0, 0.05) is 12.7 Å². The molecule has 7 nitrogen and oxygen atoms in total. The lowest BCUT2D eigenvalue weighted by atomic mass is 10.2. The fourth-order valence-corrected chi connectivity index (χ4v) is 2.79. The van der Waals surface area contributed by atoms with Gasteiger partial charge in [-0.1, -0.05) is 12.1 Å². The van der Waals surface area contributed by atoms with Gasteiger partial charge in [0.05, 0.1) is 5.69 Å². The van der Waals surface area contributed by atoms with Gasteiger partial charge >= 0.3 is 10.2 Å². The zero-order valence-electron chi connectivity index (χ0n) is 9.53. The number of rotatable bonds is 3. The summed E-state index contributed by atoms with van der Waals surface area (Å²) >= 11 is 0. The minimum absolute atomic E-state index is 0.269. The Bertz CT molecular complexity index is 571. The van der Waals surface area contributed by atoms with Gasteiger partial charge in [-0.25, -0.2) is 9.03 Å². The van der Waals surface area contributed by atoms with E-state index in [-0.39, 0.29) is 6.54 Å². The summed E-state index contributed by atoms with van der Waals surface area (Å²) in [6.07, 6.45) is -1.14. The molecule has 0 spiro atoms. The predicted molar refractivity (Wildman–Crippen MR) is 62.8 cm³/mol. The molecule has 0 saturated carbocycles. The highest BCUT2D eigenvalue weighted by molar-refractivity contribution is 7.92. The number of nitrogens with one attached hydrogen (secondary N) is 1. The normalized spacial score (nSPS) is 19.7. The van der Waals surface area contributed by atoms with Crippen LogP contribution in [0.2, 0.25) is 0 Å². The minimum atomic E-state index is -3.83. The Balaban J connectivity index is 2.37. The van der Waals surface area contributed by atoms with E-state index in [4.69, 9.17) is 4.74 Å². The van der Waals surface area contributed by atoms with Crippen LogP contribution in [0.1, 0.15) is 11.9 Å². The second-order valence-corrected chi connectivity index (χ2v) is 5.31. The Morgan fingerprint density at radius 2 is 2.22 bits per heavy atom. The summed E-state index contributed by atoms with van der Waals surface area (Å²) in [5.74, 6) is -0.590. The van der Waals surface area contributed by atoms with E-state index in [2.05, 4.69) is 0 Å². The Kier molecular flexibility index (Phi) is 3.24. The standard InChI is InChI=1S/C10H12N2O5S/c1-17-10(14)7-3-2-4-8(5-7)12-6-9(13)11-18(12,15)16/h2-5,10,14H,6H2,1H3,(H,11,13). The van der Waals surface area contributed by atoms with E-state index in [0.717, 1.165) is 4.31 Å². The monoisotopic (exact) mass is 272 g/mol. The zero-order chi connectivity index (χ0) is 13.3. The first-order valence-corrected chi connectivity index (χ1v) is 6.52. The quantitative estimate of drug-likeness (QED) is 0.723. The molecule has 1 aromatic rings. The second-order valence-electron chi connectivity index (χ2n) is 3.72. The molecule has 1 aliphatic heterocycles. The van der Waals surface area contributed by atoms with E-state index >= 15 is 0 Å². The number of carbonyl (C=O) groups is 1. The van der Waals surface area contributed by atoms with Crippen LogP contribution in [0.3, 0.4) is 0 Å². The zero-order valence-corrected chi connectivity index (χ0v) is 10.3. The van der Waals surface area contributed by atoms with Gasteiger partial charge in [-0.05, 0) is 12.1 Å². The van der Waals surface area contributed by atoms with Crippen molar-refractivity contribution in [2.24, 2.45) is 0 Å². The Morgan fingerprint density at radius 1 is 1.50 bits per heavy atom. The summed E-state index contributed by atoms with van der Waals surface area (Å²) in [6, 6.07) is 6.15. The lowest BCUT2D eigenvalue weighted by Crippen LogP contribution is -2.29. The Morgan fingerprint density at radius 3 is 2.78 bits per heavy atom. The van der Waals surface area contributed by atoms with Gasteiger partial charge in [0.25, 0.3) is 5.91 Å². The molecule has 1 fully saturated rings. The highest BCUT2D eigenvalue weighted by Gasteiger charge is 2.34. The molecule has 2 N–H and O–H groups in total. The van der Waals surface area contributed by atoms with Crippen molar-refractivity contribution >= 4 is 21.8 Å². The Hall–Kier alpha value is -1.64. The molecule has 18 heavy (non-hydrogen) atoms. The lowest BCUT2D eigenvalue weighted by molar-refractivity contribution is -0.117. The average molecular weight is 272 g/mol. The fourth-order valence-electron chi connectivity index (χ4n) is 1.65. The van der Waals surface area contributed by atoms with Crippen LogP contribution in [0.5, 0.6) is 0 Å². The maximum atomic E-state index is 11.6. The van der Waals surface area contributed by atoms with Gasteiger partial charge in [0.15, 0.2) is 6.29 Å². The molecule has 0 bridgehead atoms. The summed E-state index contributed by atoms with van der Waals surface area (Å²) in [6.45, 7) is -0.269. The number of benzene rings is 1. The largest absolute Gasteiger partial charge is 0.364 e. The first-order chi connectivity index (χ1) is 8.44. The fraction of sp³-hybridized carbons (Fsp3) is 0.300. The molecule has 1 aliphatic rings. The molecule has 1 amide bonds. The first-order valence-electron chi connectivity index (χ1n) is 5.08. The van der Waals surface area contributed by atoms with Crippen molar-refractivity contribution in [2.75, 3.05) is 18.0 Å². The third kappa shape index (κ3) is 2.30. The summed E-state index contributed by atoms with van der Waals surface area (Å²) in [4.78, 5) is 11.1. The van der Waals surface area contributed by atoms with Crippen molar-refractivity contribution in [3.8, 4) is 0 Å². The van der Waals surface area contributed by atoms with Crippen molar-refractivity contribution < 1.29 is 23.1 Å². The first kappa shape index (κ1) is 12.8. The van der Waals surface area contributed by atoms with Gasteiger partial charge in [0.1, 0.15) is 6.54 Å². The third-order valence-electron chi connectivity index (χ3n) is 2.49. The molecule has 2 rings (SSSR count). The number of carbonyl (C=O) groups excluding carboxylic acids is 1. The van der Waals surface area contributed by atoms with Crippen molar-refractivity contribution in [3.63, 3.8) is 0 Å². The number of amides is 1. The van der Waals surface area contributed by atoms with E-state index in [1.54, 1.807) is 12.1 Å². The number of aliphatic hydroxyl groups excluding tert-OH is 1. The van der Waals surface area contributed by atoms with E-state index < -0.39 is 22.4 Å². The average Bonchev–Trinajstić information content (AvgIpc) is 2.61. The summed E-state index contributed by atoms with van der Waals surface area (Å²) in [5.41, 5.74) is 0.700. The van der Waals surface area contributed by atoms with Crippen molar-refractivity contribution in [1.82, 2.24) is 4.72 Å². The second kappa shape index (κ2) is 4.56. The SMILES string of the molecule is COC(O)c1cccc(N2CC(=O)NS2(=O)=O)c1. The summed E-state index contributed by atoms with van der Waals surface area (Å²) in [5, 5.41) is 9.51. The van der Waals surface area contributed by atoms with Crippen molar-refractivity contribution in [3.05, 3.63) is 29.8 Å². The van der Waals surface area contributed by atoms with Gasteiger partial charge in [-0.3, -0.25) is 4.79 Å². The highest BCUT2D eigenvalue weighted by atomic mass is 32.2. The third-order valence-corrected chi connectivity index (χ3v) is 3.89. The van der Waals surface area contributed by atoms with Crippen LogP contribution in [-0.4, -0.2) is 33.1 Å². The van der Waals surface area contributed by atoms with E-state index in [1.807, 2.05) is 4.72 Å². The Labute approximate surface area is 104 Å². The number of ether oxygens (including phenoxy) is 1. The molecule has 98 valence electrons. The van der Waals surface area contributed by atoms with Gasteiger partial charge in [-0.2, -0.15) is 8.42 Å².